The maximum absolute atomic E-state index is 5.91. The van der Waals surface area contributed by atoms with Crippen LogP contribution in [0.4, 0.5) is 0 Å². The van der Waals surface area contributed by atoms with Crippen molar-refractivity contribution >= 4 is 5.96 Å². The van der Waals surface area contributed by atoms with Crippen molar-refractivity contribution in [2.45, 2.75) is 51.0 Å². The summed E-state index contributed by atoms with van der Waals surface area (Å²) in [6, 6.07) is 6.12. The van der Waals surface area contributed by atoms with E-state index in [2.05, 4.69) is 23.5 Å². The molecular formula is C20H27N3O3. The SMILES string of the molecule is C#CCOc1cc(CN=C(NCC)NC2CC3CCC2O3)ccc1OC. The molecule has 6 heteroatoms. The summed E-state index contributed by atoms with van der Waals surface area (Å²) in [5.41, 5.74) is 1.03. The Labute approximate surface area is 155 Å². The van der Waals surface area contributed by atoms with Crippen LogP contribution in [0, 0.1) is 12.3 Å². The number of hydrogen-bond donors (Lipinski definition) is 2. The molecule has 0 spiro atoms. The van der Waals surface area contributed by atoms with Crippen molar-refractivity contribution in [1.82, 2.24) is 10.6 Å². The van der Waals surface area contributed by atoms with E-state index in [1.807, 2.05) is 18.2 Å². The minimum Gasteiger partial charge on any atom is -0.493 e. The van der Waals surface area contributed by atoms with E-state index in [0.717, 1.165) is 30.9 Å². The molecule has 2 bridgehead atoms. The number of hydrogen-bond acceptors (Lipinski definition) is 4. The molecule has 2 N–H and O–H groups in total. The van der Waals surface area contributed by atoms with E-state index in [1.54, 1.807) is 7.11 Å². The van der Waals surface area contributed by atoms with Gasteiger partial charge >= 0.3 is 0 Å². The Bertz CT molecular complexity index is 683. The van der Waals surface area contributed by atoms with Gasteiger partial charge in [-0.2, -0.15) is 0 Å². The molecule has 2 fully saturated rings. The van der Waals surface area contributed by atoms with Crippen molar-refractivity contribution in [2.75, 3.05) is 20.3 Å². The molecule has 26 heavy (non-hydrogen) atoms. The minimum atomic E-state index is 0.206. The number of aliphatic imine (C=N–C) groups is 1. The van der Waals surface area contributed by atoms with Crippen LogP contribution in [0.25, 0.3) is 0 Å². The van der Waals surface area contributed by atoms with Crippen LogP contribution in [0.3, 0.4) is 0 Å². The number of guanidine groups is 1. The number of rotatable bonds is 7. The Hall–Kier alpha value is -2.39. The molecule has 3 rings (SSSR count). The highest BCUT2D eigenvalue weighted by molar-refractivity contribution is 5.80. The van der Waals surface area contributed by atoms with E-state index in [9.17, 15) is 0 Å². The normalized spacial score (nSPS) is 24.2. The Morgan fingerprint density at radius 2 is 2.27 bits per heavy atom. The zero-order chi connectivity index (χ0) is 18.4. The molecule has 2 aliphatic rings. The molecule has 1 aromatic carbocycles. The molecule has 1 aromatic rings. The lowest BCUT2D eigenvalue weighted by Crippen LogP contribution is -2.47. The third-order valence-corrected chi connectivity index (χ3v) is 4.73. The quantitative estimate of drug-likeness (QED) is 0.444. The van der Waals surface area contributed by atoms with Crippen molar-refractivity contribution in [2.24, 2.45) is 4.99 Å². The van der Waals surface area contributed by atoms with Crippen LogP contribution in [0.1, 0.15) is 31.7 Å². The standard InChI is InChI=1S/C20H27N3O3/c1-4-10-25-19-11-14(6-8-18(19)24-3)13-22-20(21-5-2)23-16-12-15-7-9-17(16)26-15/h1,6,8,11,15-17H,5,7,9-10,12-13H2,2-3H3,(H2,21,22,23). The van der Waals surface area contributed by atoms with Crippen LogP contribution < -0.4 is 20.1 Å². The molecule has 0 amide bonds. The van der Waals surface area contributed by atoms with Gasteiger partial charge in [0.05, 0.1) is 31.9 Å². The van der Waals surface area contributed by atoms with Crippen molar-refractivity contribution in [3.8, 4) is 23.8 Å². The average molecular weight is 357 g/mol. The molecule has 3 unspecified atom stereocenters. The first kappa shape index (κ1) is 18.4. The van der Waals surface area contributed by atoms with Gasteiger partial charge in [0, 0.05) is 6.54 Å². The Kier molecular flexibility index (Phi) is 6.24. The van der Waals surface area contributed by atoms with Crippen molar-refractivity contribution < 1.29 is 14.2 Å². The molecule has 3 atom stereocenters. The lowest BCUT2D eigenvalue weighted by Gasteiger charge is -2.22. The summed E-state index contributed by atoms with van der Waals surface area (Å²) in [5, 5.41) is 6.83. The van der Waals surface area contributed by atoms with Gasteiger partial charge in [0.1, 0.15) is 6.61 Å². The van der Waals surface area contributed by atoms with E-state index in [0.29, 0.717) is 36.3 Å². The molecule has 0 aliphatic carbocycles. The highest BCUT2D eigenvalue weighted by atomic mass is 16.5. The molecule has 6 nitrogen and oxygen atoms in total. The van der Waals surface area contributed by atoms with Crippen LogP contribution in [0.2, 0.25) is 0 Å². The Balaban J connectivity index is 1.66. The van der Waals surface area contributed by atoms with Gasteiger partial charge < -0.3 is 24.8 Å². The molecule has 2 saturated heterocycles. The largest absolute Gasteiger partial charge is 0.493 e. The van der Waals surface area contributed by atoms with Gasteiger partial charge in [-0.1, -0.05) is 12.0 Å². The summed E-state index contributed by atoms with van der Waals surface area (Å²) in [6.45, 7) is 3.62. The first-order chi connectivity index (χ1) is 12.7. The van der Waals surface area contributed by atoms with Gasteiger partial charge in [-0.3, -0.25) is 0 Å². The van der Waals surface area contributed by atoms with Crippen LogP contribution in [-0.2, 0) is 11.3 Å². The van der Waals surface area contributed by atoms with Gasteiger partial charge in [0.2, 0.25) is 0 Å². The van der Waals surface area contributed by atoms with Gasteiger partial charge in [-0.05, 0) is 43.9 Å². The van der Waals surface area contributed by atoms with Crippen molar-refractivity contribution in [1.29, 1.82) is 0 Å². The smallest absolute Gasteiger partial charge is 0.191 e. The maximum Gasteiger partial charge on any atom is 0.191 e. The molecule has 0 saturated carbocycles. The molecular weight excluding hydrogens is 330 g/mol. The van der Waals surface area contributed by atoms with Crippen molar-refractivity contribution in [3.05, 3.63) is 23.8 Å². The molecule has 140 valence electrons. The second kappa shape index (κ2) is 8.81. The van der Waals surface area contributed by atoms with Crippen LogP contribution in [0.5, 0.6) is 11.5 Å². The highest BCUT2D eigenvalue weighted by Crippen LogP contribution is 2.34. The monoisotopic (exact) mass is 357 g/mol. The number of methoxy groups -OCH3 is 1. The number of nitrogens with one attached hydrogen (secondary N) is 2. The third kappa shape index (κ3) is 4.41. The summed E-state index contributed by atoms with van der Waals surface area (Å²) in [5.74, 6) is 4.59. The zero-order valence-corrected chi connectivity index (χ0v) is 15.5. The summed E-state index contributed by atoms with van der Waals surface area (Å²) in [6.07, 6.45) is 9.38. The van der Waals surface area contributed by atoms with E-state index in [1.165, 1.54) is 6.42 Å². The molecule has 2 heterocycles. The lowest BCUT2D eigenvalue weighted by molar-refractivity contribution is 0.0992. The summed E-state index contributed by atoms with van der Waals surface area (Å²) in [4.78, 5) is 4.71. The predicted molar refractivity (Wildman–Crippen MR) is 102 cm³/mol. The molecule has 2 aliphatic heterocycles. The summed E-state index contributed by atoms with van der Waals surface area (Å²) in [7, 11) is 1.61. The maximum atomic E-state index is 5.91. The van der Waals surface area contributed by atoms with Crippen LogP contribution in [0.15, 0.2) is 23.2 Å². The summed E-state index contributed by atoms with van der Waals surface area (Å²) >= 11 is 0. The molecule has 0 aromatic heterocycles. The number of benzene rings is 1. The van der Waals surface area contributed by atoms with Gasteiger partial charge in [-0.15, -0.1) is 6.42 Å². The minimum absolute atomic E-state index is 0.206. The van der Waals surface area contributed by atoms with E-state index in [-0.39, 0.29) is 6.61 Å². The van der Waals surface area contributed by atoms with Crippen LogP contribution in [-0.4, -0.2) is 44.5 Å². The number of ether oxygens (including phenoxy) is 3. The fraction of sp³-hybridized carbons (Fsp3) is 0.550. The highest BCUT2D eigenvalue weighted by Gasteiger charge is 2.41. The number of nitrogens with zero attached hydrogens (tertiary/aromatic N) is 1. The zero-order valence-electron chi connectivity index (χ0n) is 15.5. The average Bonchev–Trinajstić information content (AvgIpc) is 3.27. The van der Waals surface area contributed by atoms with E-state index < -0.39 is 0 Å². The predicted octanol–water partition coefficient (Wildman–Crippen LogP) is 2.08. The second-order valence-corrected chi connectivity index (χ2v) is 6.53. The van der Waals surface area contributed by atoms with Crippen molar-refractivity contribution in [3.63, 3.8) is 0 Å². The molecule has 0 radical (unpaired) electrons. The van der Waals surface area contributed by atoms with Gasteiger partial charge in [-0.25, -0.2) is 4.99 Å². The first-order valence-electron chi connectivity index (χ1n) is 9.17. The fourth-order valence-corrected chi connectivity index (χ4v) is 3.51. The number of fused-ring (bicyclic) bond motifs is 2. The van der Waals surface area contributed by atoms with E-state index in [4.69, 9.17) is 25.6 Å². The van der Waals surface area contributed by atoms with Gasteiger partial charge in [0.25, 0.3) is 0 Å². The Morgan fingerprint density at radius 3 is 2.92 bits per heavy atom. The lowest BCUT2D eigenvalue weighted by atomic mass is 9.96. The Morgan fingerprint density at radius 1 is 1.38 bits per heavy atom. The van der Waals surface area contributed by atoms with Crippen LogP contribution >= 0.6 is 0 Å². The fourth-order valence-electron chi connectivity index (χ4n) is 3.51. The van der Waals surface area contributed by atoms with E-state index >= 15 is 0 Å². The first-order valence-corrected chi connectivity index (χ1v) is 9.17. The third-order valence-electron chi connectivity index (χ3n) is 4.73. The topological polar surface area (TPSA) is 64.1 Å². The number of terminal acetylenes is 1. The summed E-state index contributed by atoms with van der Waals surface area (Å²) < 4.78 is 16.8. The van der Waals surface area contributed by atoms with Gasteiger partial charge in [0.15, 0.2) is 17.5 Å². The second-order valence-electron chi connectivity index (χ2n) is 6.53.